The molecule has 0 spiro atoms. The monoisotopic (exact) mass is 383 g/mol. The van der Waals surface area contributed by atoms with Gasteiger partial charge in [-0.1, -0.05) is 0 Å². The summed E-state index contributed by atoms with van der Waals surface area (Å²) in [7, 11) is 1.47. The number of carbonyl (C=O) groups is 1. The number of amides is 1. The maximum atomic E-state index is 11.7. The van der Waals surface area contributed by atoms with Crippen molar-refractivity contribution in [1.29, 1.82) is 0 Å². The van der Waals surface area contributed by atoms with Gasteiger partial charge >= 0.3 is 0 Å². The molecule has 0 atom stereocenters. The van der Waals surface area contributed by atoms with Gasteiger partial charge in [-0.05, 0) is 35.0 Å². The lowest BCUT2D eigenvalue weighted by Crippen LogP contribution is -2.19. The Hall–Kier alpha value is -1.93. The number of hydrogen-bond acceptors (Lipinski definition) is 6. The van der Waals surface area contributed by atoms with Gasteiger partial charge in [-0.3, -0.25) is 4.79 Å². The first-order valence-electron chi connectivity index (χ1n) is 6.29. The van der Waals surface area contributed by atoms with E-state index in [1.165, 1.54) is 30.7 Å². The number of rotatable bonds is 5. The number of methoxy groups -OCH3 is 1. The molecule has 0 aliphatic rings. The van der Waals surface area contributed by atoms with Crippen LogP contribution in [0.3, 0.4) is 0 Å². The lowest BCUT2D eigenvalue weighted by atomic mass is 10.2. The number of benzene rings is 1. The van der Waals surface area contributed by atoms with Gasteiger partial charge in [0, 0.05) is 15.4 Å². The number of nitrogens with one attached hydrogen (secondary N) is 1. The largest absolute Gasteiger partial charge is 0.504 e. The summed E-state index contributed by atoms with van der Waals surface area (Å²) >= 11 is 4.84. The van der Waals surface area contributed by atoms with Gasteiger partial charge < -0.3 is 9.84 Å². The third kappa shape index (κ3) is 4.28. The van der Waals surface area contributed by atoms with Crippen LogP contribution in [0.2, 0.25) is 0 Å². The molecule has 0 fully saturated rings. The molecule has 0 radical (unpaired) electrons. The Balaban J connectivity index is 1.97. The number of aryl methyl sites for hydroxylation is 1. The maximum absolute atomic E-state index is 11.7. The molecule has 6 nitrogen and oxygen atoms in total. The van der Waals surface area contributed by atoms with E-state index >= 15 is 0 Å². The van der Waals surface area contributed by atoms with E-state index in [2.05, 4.69) is 31.4 Å². The summed E-state index contributed by atoms with van der Waals surface area (Å²) in [5.41, 5.74) is 3.76. The first kappa shape index (κ1) is 16.4. The van der Waals surface area contributed by atoms with Crippen LogP contribution in [-0.2, 0) is 11.2 Å². The molecule has 0 unspecified atom stereocenters. The molecule has 8 heteroatoms. The van der Waals surface area contributed by atoms with Gasteiger partial charge in [-0.2, -0.15) is 5.10 Å². The Kier molecular flexibility index (Phi) is 5.51. The molecule has 1 aromatic carbocycles. The van der Waals surface area contributed by atoms with Gasteiger partial charge in [0.05, 0.1) is 30.4 Å². The SMILES string of the molecule is COc1cc(Br)c(/C=N\NC(=O)Cc2csc(C)n2)cc1O. The van der Waals surface area contributed by atoms with Crippen LogP contribution in [0.1, 0.15) is 16.3 Å². The lowest BCUT2D eigenvalue weighted by Gasteiger charge is -2.06. The predicted molar refractivity (Wildman–Crippen MR) is 88.7 cm³/mol. The summed E-state index contributed by atoms with van der Waals surface area (Å²) in [6.45, 7) is 1.89. The van der Waals surface area contributed by atoms with E-state index in [1.807, 2.05) is 12.3 Å². The topological polar surface area (TPSA) is 83.8 Å². The zero-order chi connectivity index (χ0) is 16.1. The van der Waals surface area contributed by atoms with E-state index in [9.17, 15) is 9.90 Å². The van der Waals surface area contributed by atoms with E-state index < -0.39 is 0 Å². The maximum Gasteiger partial charge on any atom is 0.246 e. The highest BCUT2D eigenvalue weighted by Gasteiger charge is 2.07. The molecule has 22 heavy (non-hydrogen) atoms. The smallest absolute Gasteiger partial charge is 0.246 e. The molecular formula is C14H14BrN3O3S. The molecule has 116 valence electrons. The molecule has 1 heterocycles. The predicted octanol–water partition coefficient (Wildman–Crippen LogP) is 2.62. The third-order valence-electron chi connectivity index (χ3n) is 2.70. The number of aromatic nitrogens is 1. The van der Waals surface area contributed by atoms with Crippen molar-refractivity contribution >= 4 is 39.4 Å². The van der Waals surface area contributed by atoms with Crippen LogP contribution in [0.4, 0.5) is 0 Å². The molecule has 0 aliphatic carbocycles. The van der Waals surface area contributed by atoms with Crippen LogP contribution < -0.4 is 10.2 Å². The molecule has 0 bridgehead atoms. The van der Waals surface area contributed by atoms with Crippen LogP contribution in [0.15, 0.2) is 27.1 Å². The Bertz CT molecular complexity index is 715. The molecule has 2 N–H and O–H groups in total. The Labute approximate surface area is 140 Å². The second-order valence-corrected chi connectivity index (χ2v) is 6.29. The fourth-order valence-corrected chi connectivity index (χ4v) is 2.73. The number of phenols is 1. The number of carbonyl (C=O) groups excluding carboxylic acids is 1. The van der Waals surface area contributed by atoms with E-state index in [0.29, 0.717) is 15.8 Å². The quantitative estimate of drug-likeness (QED) is 0.613. The number of nitrogens with zero attached hydrogens (tertiary/aromatic N) is 2. The highest BCUT2D eigenvalue weighted by molar-refractivity contribution is 9.10. The van der Waals surface area contributed by atoms with Crippen molar-refractivity contribution in [2.45, 2.75) is 13.3 Å². The Morgan fingerprint density at radius 2 is 2.36 bits per heavy atom. The van der Waals surface area contributed by atoms with Gasteiger partial charge in [0.25, 0.3) is 0 Å². The Morgan fingerprint density at radius 1 is 1.59 bits per heavy atom. The fraction of sp³-hybridized carbons (Fsp3) is 0.214. The van der Waals surface area contributed by atoms with Crippen LogP contribution >= 0.6 is 27.3 Å². The minimum absolute atomic E-state index is 0.00331. The first-order chi connectivity index (χ1) is 10.5. The van der Waals surface area contributed by atoms with Gasteiger partial charge in [0.1, 0.15) is 0 Å². The number of hydrogen-bond donors (Lipinski definition) is 2. The first-order valence-corrected chi connectivity index (χ1v) is 7.96. The Morgan fingerprint density at radius 3 is 3.00 bits per heavy atom. The number of halogens is 1. The van der Waals surface area contributed by atoms with E-state index in [0.717, 1.165) is 10.7 Å². The molecule has 0 aliphatic heterocycles. The van der Waals surface area contributed by atoms with Gasteiger partial charge in [0.15, 0.2) is 11.5 Å². The fourth-order valence-electron chi connectivity index (χ4n) is 1.69. The number of aromatic hydroxyl groups is 1. The number of ether oxygens (including phenoxy) is 1. The molecule has 2 rings (SSSR count). The summed E-state index contributed by atoms with van der Waals surface area (Å²) in [6, 6.07) is 3.11. The van der Waals surface area contributed by atoms with Crippen molar-refractivity contribution in [1.82, 2.24) is 10.4 Å². The average molecular weight is 384 g/mol. The normalized spacial score (nSPS) is 10.9. The molecular weight excluding hydrogens is 370 g/mol. The van der Waals surface area contributed by atoms with Crippen molar-refractivity contribution in [3.8, 4) is 11.5 Å². The van der Waals surface area contributed by atoms with E-state index in [1.54, 1.807) is 6.07 Å². The average Bonchev–Trinajstić information content (AvgIpc) is 2.87. The van der Waals surface area contributed by atoms with Crippen LogP contribution in [0.5, 0.6) is 11.5 Å². The second kappa shape index (κ2) is 7.37. The molecule has 1 amide bonds. The van der Waals surface area contributed by atoms with Gasteiger partial charge in [0.2, 0.25) is 5.91 Å². The molecule has 2 aromatic rings. The van der Waals surface area contributed by atoms with Crippen molar-refractivity contribution in [3.05, 3.63) is 38.3 Å². The van der Waals surface area contributed by atoms with Crippen molar-refractivity contribution < 1.29 is 14.6 Å². The second-order valence-electron chi connectivity index (χ2n) is 4.37. The van der Waals surface area contributed by atoms with Crippen molar-refractivity contribution in [3.63, 3.8) is 0 Å². The third-order valence-corrected chi connectivity index (χ3v) is 4.21. The number of phenolic OH excluding ortho intramolecular Hbond substituents is 1. The van der Waals surface area contributed by atoms with Crippen LogP contribution in [0, 0.1) is 6.92 Å². The van der Waals surface area contributed by atoms with E-state index in [-0.39, 0.29) is 18.1 Å². The highest BCUT2D eigenvalue weighted by Crippen LogP contribution is 2.31. The molecule has 1 aromatic heterocycles. The van der Waals surface area contributed by atoms with Gasteiger partial charge in [-0.15, -0.1) is 11.3 Å². The summed E-state index contributed by atoms with van der Waals surface area (Å²) in [5, 5.41) is 16.4. The summed E-state index contributed by atoms with van der Waals surface area (Å²) in [4.78, 5) is 15.9. The zero-order valence-electron chi connectivity index (χ0n) is 12.0. The number of hydrazone groups is 1. The van der Waals surface area contributed by atoms with E-state index in [4.69, 9.17) is 4.74 Å². The minimum Gasteiger partial charge on any atom is -0.504 e. The minimum atomic E-state index is -0.254. The summed E-state index contributed by atoms with van der Waals surface area (Å²) < 4.78 is 5.68. The zero-order valence-corrected chi connectivity index (χ0v) is 14.4. The molecule has 0 saturated heterocycles. The van der Waals surface area contributed by atoms with Crippen LogP contribution in [-0.4, -0.2) is 29.3 Å². The highest BCUT2D eigenvalue weighted by atomic mass is 79.9. The summed E-state index contributed by atoms with van der Waals surface area (Å²) in [6.07, 6.45) is 1.62. The van der Waals surface area contributed by atoms with Gasteiger partial charge in [-0.25, -0.2) is 10.4 Å². The number of thiazole rings is 1. The van der Waals surface area contributed by atoms with Crippen molar-refractivity contribution in [2.24, 2.45) is 5.10 Å². The summed E-state index contributed by atoms with van der Waals surface area (Å²) in [5.74, 6) is 0.0961. The lowest BCUT2D eigenvalue weighted by molar-refractivity contribution is -0.120. The molecule has 0 saturated carbocycles. The van der Waals surface area contributed by atoms with Crippen molar-refractivity contribution in [2.75, 3.05) is 7.11 Å². The van der Waals surface area contributed by atoms with Crippen LogP contribution in [0.25, 0.3) is 0 Å². The standard InChI is InChI=1S/C14H14BrN3O3S/c1-8-17-10(7-22-8)4-14(20)18-16-6-9-3-12(19)13(21-2)5-11(9)15/h3,5-7,19H,4H2,1-2H3,(H,18,20)/b16-6-.